The van der Waals surface area contributed by atoms with Crippen molar-refractivity contribution in [3.8, 4) is 0 Å². The Morgan fingerprint density at radius 3 is 3.33 bits per heavy atom. The molecule has 9 heavy (non-hydrogen) atoms. The van der Waals surface area contributed by atoms with Gasteiger partial charge in [-0.2, -0.15) is 0 Å². The van der Waals surface area contributed by atoms with Gasteiger partial charge in [0.05, 0.1) is 12.0 Å². The molecule has 1 aromatic heterocycles. The lowest BCUT2D eigenvalue weighted by Gasteiger charge is -1.90. The molecule has 0 fully saturated rings. The number of hydrogen-bond acceptors (Lipinski definition) is 1. The van der Waals surface area contributed by atoms with Gasteiger partial charge < -0.3 is 4.57 Å². The second kappa shape index (κ2) is 1.83. The molecule has 0 amide bonds. The van der Waals surface area contributed by atoms with E-state index in [1.54, 1.807) is 0 Å². The van der Waals surface area contributed by atoms with E-state index < -0.39 is 0 Å². The Bertz CT molecular complexity index is 262. The van der Waals surface area contributed by atoms with Crippen molar-refractivity contribution in [2.75, 3.05) is 0 Å². The molecule has 0 saturated carbocycles. The molecule has 0 N–H and O–H groups in total. The third kappa shape index (κ3) is 0.710. The van der Waals surface area contributed by atoms with Crippen LogP contribution in [-0.4, -0.2) is 9.55 Å². The lowest BCUT2D eigenvalue weighted by atomic mass is 10.5. The van der Waals surface area contributed by atoms with Crippen molar-refractivity contribution in [1.82, 2.24) is 9.55 Å². The van der Waals surface area contributed by atoms with Gasteiger partial charge in [0, 0.05) is 6.54 Å². The molecule has 0 spiro atoms. The van der Waals surface area contributed by atoms with Crippen LogP contribution in [0.5, 0.6) is 0 Å². The molecule has 0 unspecified atom stereocenters. The number of imidazole rings is 1. The molecule has 1 aliphatic heterocycles. The highest BCUT2D eigenvalue weighted by molar-refractivity contribution is 14.1. The first kappa shape index (κ1) is 5.46. The summed E-state index contributed by atoms with van der Waals surface area (Å²) in [6.07, 6.45) is 6.12. The second-order valence-corrected chi connectivity index (χ2v) is 3.00. The number of hydrogen-bond donors (Lipinski definition) is 0. The Balaban J connectivity index is 2.67. The Kier molecular flexibility index (Phi) is 1.11. The fraction of sp³-hybridized carbons (Fsp3) is 0.167. The topological polar surface area (TPSA) is 17.8 Å². The molecule has 1 aromatic rings. The summed E-state index contributed by atoms with van der Waals surface area (Å²) < 4.78 is 3.23. The Labute approximate surface area is 66.7 Å². The minimum Gasteiger partial charge on any atom is -0.326 e. The van der Waals surface area contributed by atoms with Crippen molar-refractivity contribution >= 4 is 28.7 Å². The van der Waals surface area contributed by atoms with Gasteiger partial charge in [-0.3, -0.25) is 0 Å². The normalized spacial score (nSPS) is 14.3. The molecular weight excluding hydrogens is 227 g/mol. The first-order chi connectivity index (χ1) is 4.38. The standard InChI is InChI=1S/C6H5IN2/c7-6-5-2-1-3-9(5)4-8-6/h1-2,4H,3H2. The van der Waals surface area contributed by atoms with Crippen LogP contribution in [0.15, 0.2) is 12.4 Å². The predicted octanol–water partition coefficient (Wildman–Crippen LogP) is 1.51. The zero-order chi connectivity index (χ0) is 6.27. The highest BCUT2D eigenvalue weighted by Gasteiger charge is 2.07. The molecule has 0 radical (unpaired) electrons. The van der Waals surface area contributed by atoms with Gasteiger partial charge in [0.25, 0.3) is 0 Å². The smallest absolute Gasteiger partial charge is 0.126 e. The number of fused-ring (bicyclic) bond motifs is 1. The second-order valence-electron chi connectivity index (χ2n) is 1.98. The number of aromatic nitrogens is 2. The summed E-state index contributed by atoms with van der Waals surface area (Å²) in [6, 6.07) is 0. The summed E-state index contributed by atoms with van der Waals surface area (Å²) in [4.78, 5) is 4.14. The van der Waals surface area contributed by atoms with E-state index in [1.165, 1.54) is 5.69 Å². The van der Waals surface area contributed by atoms with Gasteiger partial charge in [-0.1, -0.05) is 6.08 Å². The molecule has 3 heteroatoms. The van der Waals surface area contributed by atoms with Crippen LogP contribution < -0.4 is 0 Å². The van der Waals surface area contributed by atoms with Crippen LogP contribution in [0.2, 0.25) is 0 Å². The molecule has 0 aliphatic carbocycles. The summed E-state index contributed by atoms with van der Waals surface area (Å²) in [6.45, 7) is 0.991. The first-order valence-corrected chi connectivity index (χ1v) is 3.83. The summed E-state index contributed by atoms with van der Waals surface area (Å²) in [7, 11) is 0. The van der Waals surface area contributed by atoms with E-state index in [0.717, 1.165) is 10.2 Å². The lowest BCUT2D eigenvalue weighted by molar-refractivity contribution is 0.836. The Morgan fingerprint density at radius 2 is 2.56 bits per heavy atom. The van der Waals surface area contributed by atoms with Gasteiger partial charge in [-0.25, -0.2) is 4.98 Å². The van der Waals surface area contributed by atoms with Gasteiger partial charge in [0.1, 0.15) is 3.70 Å². The highest BCUT2D eigenvalue weighted by atomic mass is 127. The van der Waals surface area contributed by atoms with Gasteiger partial charge >= 0.3 is 0 Å². The molecule has 0 atom stereocenters. The third-order valence-corrected chi connectivity index (χ3v) is 2.24. The van der Waals surface area contributed by atoms with Crippen LogP contribution in [0.1, 0.15) is 5.69 Å². The molecule has 2 rings (SSSR count). The van der Waals surface area contributed by atoms with E-state index in [1.807, 2.05) is 6.33 Å². The predicted molar refractivity (Wildman–Crippen MR) is 44.0 cm³/mol. The van der Waals surface area contributed by atoms with E-state index in [2.05, 4.69) is 44.3 Å². The fourth-order valence-corrected chi connectivity index (χ4v) is 1.57. The van der Waals surface area contributed by atoms with Crippen molar-refractivity contribution in [3.63, 3.8) is 0 Å². The average molecular weight is 232 g/mol. The van der Waals surface area contributed by atoms with Crippen LogP contribution in [0.3, 0.4) is 0 Å². The summed E-state index contributed by atoms with van der Waals surface area (Å²) in [5.74, 6) is 0. The minimum atomic E-state index is 0.991. The van der Waals surface area contributed by atoms with Crippen molar-refractivity contribution in [1.29, 1.82) is 0 Å². The van der Waals surface area contributed by atoms with Gasteiger partial charge in [-0.05, 0) is 28.7 Å². The quantitative estimate of drug-likeness (QED) is 0.620. The highest BCUT2D eigenvalue weighted by Crippen LogP contribution is 2.16. The van der Waals surface area contributed by atoms with E-state index in [0.29, 0.717) is 0 Å². The molecule has 1 aliphatic rings. The van der Waals surface area contributed by atoms with Crippen molar-refractivity contribution in [3.05, 3.63) is 21.8 Å². The van der Waals surface area contributed by atoms with Gasteiger partial charge in [-0.15, -0.1) is 0 Å². The van der Waals surface area contributed by atoms with Crippen molar-refractivity contribution in [2.45, 2.75) is 6.54 Å². The van der Waals surface area contributed by atoms with E-state index in [4.69, 9.17) is 0 Å². The van der Waals surface area contributed by atoms with E-state index in [-0.39, 0.29) is 0 Å². The number of allylic oxidation sites excluding steroid dienone is 1. The third-order valence-electron chi connectivity index (χ3n) is 1.41. The lowest BCUT2D eigenvalue weighted by Crippen LogP contribution is -1.88. The maximum atomic E-state index is 4.14. The van der Waals surface area contributed by atoms with Crippen LogP contribution >= 0.6 is 22.6 Å². The monoisotopic (exact) mass is 232 g/mol. The van der Waals surface area contributed by atoms with Gasteiger partial charge in [0.15, 0.2) is 0 Å². The van der Waals surface area contributed by atoms with Crippen LogP contribution in [0, 0.1) is 3.70 Å². The Hall–Kier alpha value is -0.320. The van der Waals surface area contributed by atoms with Crippen LogP contribution in [0.25, 0.3) is 6.08 Å². The van der Waals surface area contributed by atoms with E-state index in [9.17, 15) is 0 Å². The molecule has 0 saturated heterocycles. The SMILES string of the molecule is Ic1ncn2c1C=CC2. The van der Waals surface area contributed by atoms with Gasteiger partial charge in [0.2, 0.25) is 0 Å². The van der Waals surface area contributed by atoms with Crippen LogP contribution in [0.4, 0.5) is 0 Å². The zero-order valence-electron chi connectivity index (χ0n) is 4.71. The molecule has 0 aromatic carbocycles. The summed E-state index contributed by atoms with van der Waals surface area (Å²) in [5.41, 5.74) is 1.25. The molecule has 2 heterocycles. The maximum Gasteiger partial charge on any atom is 0.126 e. The van der Waals surface area contributed by atoms with Crippen LogP contribution in [-0.2, 0) is 6.54 Å². The average Bonchev–Trinajstić information content (AvgIpc) is 2.35. The molecule has 0 bridgehead atoms. The largest absolute Gasteiger partial charge is 0.326 e. The molecule has 46 valence electrons. The summed E-state index contributed by atoms with van der Waals surface area (Å²) in [5, 5.41) is 0. The maximum absolute atomic E-state index is 4.14. The first-order valence-electron chi connectivity index (χ1n) is 2.75. The number of rotatable bonds is 0. The molecular formula is C6H5IN2. The zero-order valence-corrected chi connectivity index (χ0v) is 6.87. The number of nitrogens with zero attached hydrogens (tertiary/aromatic N) is 2. The van der Waals surface area contributed by atoms with Crippen molar-refractivity contribution in [2.24, 2.45) is 0 Å². The van der Waals surface area contributed by atoms with E-state index >= 15 is 0 Å². The van der Waals surface area contributed by atoms with Crippen molar-refractivity contribution < 1.29 is 0 Å². The fourth-order valence-electron chi connectivity index (χ4n) is 0.955. The summed E-state index contributed by atoms with van der Waals surface area (Å²) >= 11 is 2.24. The minimum absolute atomic E-state index is 0.991. The number of halogens is 1. The molecule has 2 nitrogen and oxygen atoms in total. The Morgan fingerprint density at radius 1 is 1.67 bits per heavy atom.